The van der Waals surface area contributed by atoms with Gasteiger partial charge in [0.2, 0.25) is 0 Å². The van der Waals surface area contributed by atoms with Gasteiger partial charge in [-0.15, -0.1) is 0 Å². The van der Waals surface area contributed by atoms with Crippen molar-refractivity contribution >= 4 is 11.8 Å². The molecular weight excluding hydrogens is 296 g/mol. The van der Waals surface area contributed by atoms with E-state index in [4.69, 9.17) is 4.42 Å². The predicted molar refractivity (Wildman–Crippen MR) is 85.5 cm³/mol. The first-order chi connectivity index (χ1) is 11.2. The fourth-order valence-electron chi connectivity index (χ4n) is 2.58. The summed E-state index contributed by atoms with van der Waals surface area (Å²) in [6.07, 6.45) is 10.2. The van der Waals surface area contributed by atoms with Gasteiger partial charge in [0.1, 0.15) is 0 Å². The number of nitrogens with one attached hydrogen (secondary N) is 2. The summed E-state index contributed by atoms with van der Waals surface area (Å²) in [5.74, 6) is -1.29. The molecular formula is C17H24N2O4. The van der Waals surface area contributed by atoms with Gasteiger partial charge >= 0.3 is 11.8 Å². The number of carbonyl (C=O) groups is 2. The molecule has 0 unspecified atom stereocenters. The SMILES string of the molecule is O=C(NCCC1=CCCCC1)C(=O)NCC[C@@H](O)c1ccoc1. The third-order valence-electron chi connectivity index (χ3n) is 3.95. The van der Waals surface area contributed by atoms with E-state index >= 15 is 0 Å². The molecule has 1 aliphatic carbocycles. The second kappa shape index (κ2) is 9.15. The maximum absolute atomic E-state index is 11.7. The van der Waals surface area contributed by atoms with Crippen molar-refractivity contribution in [2.75, 3.05) is 13.1 Å². The van der Waals surface area contributed by atoms with E-state index in [0.717, 1.165) is 19.3 Å². The molecule has 126 valence electrons. The highest BCUT2D eigenvalue weighted by Gasteiger charge is 2.14. The number of hydrogen-bond donors (Lipinski definition) is 3. The van der Waals surface area contributed by atoms with E-state index in [-0.39, 0.29) is 6.54 Å². The highest BCUT2D eigenvalue weighted by atomic mass is 16.3. The van der Waals surface area contributed by atoms with Crippen LogP contribution in [0.3, 0.4) is 0 Å². The number of rotatable bonds is 7. The van der Waals surface area contributed by atoms with Crippen LogP contribution in [0.4, 0.5) is 0 Å². The van der Waals surface area contributed by atoms with Gasteiger partial charge in [0.25, 0.3) is 0 Å². The summed E-state index contributed by atoms with van der Waals surface area (Å²) in [6.45, 7) is 0.708. The van der Waals surface area contributed by atoms with E-state index in [0.29, 0.717) is 18.5 Å². The topological polar surface area (TPSA) is 91.6 Å². The zero-order valence-corrected chi connectivity index (χ0v) is 13.2. The van der Waals surface area contributed by atoms with Crippen LogP contribution in [0.15, 0.2) is 34.7 Å². The van der Waals surface area contributed by atoms with Crippen molar-refractivity contribution in [1.82, 2.24) is 10.6 Å². The standard InChI is InChI=1S/C17H24N2O4/c20-15(14-8-11-23-12-14)7-10-19-17(22)16(21)18-9-6-13-4-2-1-3-5-13/h4,8,11-12,15,20H,1-3,5-7,9-10H2,(H,18,21)(H,19,22)/t15-/m1/s1. The Hall–Kier alpha value is -2.08. The summed E-state index contributed by atoms with van der Waals surface area (Å²) in [5, 5.41) is 15.0. The van der Waals surface area contributed by atoms with Crippen LogP contribution in [0.2, 0.25) is 0 Å². The van der Waals surface area contributed by atoms with Crippen molar-refractivity contribution in [3.63, 3.8) is 0 Å². The molecule has 1 aliphatic rings. The molecule has 6 heteroatoms. The highest BCUT2D eigenvalue weighted by Crippen LogP contribution is 2.19. The lowest BCUT2D eigenvalue weighted by Crippen LogP contribution is -2.40. The first kappa shape index (κ1) is 17.3. The lowest BCUT2D eigenvalue weighted by Gasteiger charge is -2.13. The van der Waals surface area contributed by atoms with Crippen molar-refractivity contribution in [2.45, 2.75) is 44.6 Å². The van der Waals surface area contributed by atoms with Gasteiger partial charge in [-0.25, -0.2) is 0 Å². The van der Waals surface area contributed by atoms with Crippen molar-refractivity contribution in [2.24, 2.45) is 0 Å². The van der Waals surface area contributed by atoms with E-state index in [2.05, 4.69) is 16.7 Å². The molecule has 1 aromatic rings. The van der Waals surface area contributed by atoms with Crippen LogP contribution in [-0.2, 0) is 9.59 Å². The number of amides is 2. The lowest BCUT2D eigenvalue weighted by atomic mass is 9.97. The van der Waals surface area contributed by atoms with E-state index in [1.165, 1.54) is 30.9 Å². The van der Waals surface area contributed by atoms with E-state index in [1.54, 1.807) is 6.07 Å². The summed E-state index contributed by atoms with van der Waals surface area (Å²) in [6, 6.07) is 1.67. The molecule has 1 atom stereocenters. The summed E-state index contributed by atoms with van der Waals surface area (Å²) in [7, 11) is 0. The van der Waals surface area contributed by atoms with Crippen LogP contribution in [0.5, 0.6) is 0 Å². The first-order valence-corrected chi connectivity index (χ1v) is 8.11. The minimum absolute atomic E-state index is 0.226. The molecule has 1 aromatic heterocycles. The van der Waals surface area contributed by atoms with Crippen molar-refractivity contribution in [3.8, 4) is 0 Å². The average Bonchev–Trinajstić information content (AvgIpc) is 3.10. The average molecular weight is 320 g/mol. The molecule has 0 saturated carbocycles. The molecule has 0 bridgehead atoms. The van der Waals surface area contributed by atoms with Crippen LogP contribution in [0.1, 0.15) is 50.2 Å². The normalized spacial score (nSPS) is 15.6. The van der Waals surface area contributed by atoms with Crippen LogP contribution in [-0.4, -0.2) is 30.0 Å². The van der Waals surface area contributed by atoms with Crippen LogP contribution in [0, 0.1) is 0 Å². The Morgan fingerprint density at radius 2 is 2.00 bits per heavy atom. The third-order valence-corrected chi connectivity index (χ3v) is 3.95. The monoisotopic (exact) mass is 320 g/mol. The molecule has 0 radical (unpaired) electrons. The van der Waals surface area contributed by atoms with Crippen LogP contribution in [0.25, 0.3) is 0 Å². The van der Waals surface area contributed by atoms with Crippen LogP contribution >= 0.6 is 0 Å². The van der Waals surface area contributed by atoms with E-state index in [1.807, 2.05) is 0 Å². The Bertz CT molecular complexity index is 537. The van der Waals surface area contributed by atoms with Gasteiger partial charge in [0.05, 0.1) is 18.6 Å². The van der Waals surface area contributed by atoms with Gasteiger partial charge in [-0.1, -0.05) is 11.6 Å². The minimum Gasteiger partial charge on any atom is -0.472 e. The largest absolute Gasteiger partial charge is 0.472 e. The van der Waals surface area contributed by atoms with Crippen LogP contribution < -0.4 is 10.6 Å². The molecule has 0 saturated heterocycles. The summed E-state index contributed by atoms with van der Waals surface area (Å²) in [5.41, 5.74) is 2.02. The second-order valence-electron chi connectivity index (χ2n) is 5.73. The van der Waals surface area contributed by atoms with Crippen molar-refractivity contribution in [1.29, 1.82) is 0 Å². The Morgan fingerprint density at radius 1 is 1.22 bits per heavy atom. The van der Waals surface area contributed by atoms with Gasteiger partial charge in [-0.2, -0.15) is 0 Å². The van der Waals surface area contributed by atoms with E-state index in [9.17, 15) is 14.7 Å². The van der Waals surface area contributed by atoms with Crippen molar-refractivity contribution in [3.05, 3.63) is 35.8 Å². The van der Waals surface area contributed by atoms with E-state index < -0.39 is 17.9 Å². The lowest BCUT2D eigenvalue weighted by molar-refractivity contribution is -0.139. The number of furan rings is 1. The molecule has 0 fully saturated rings. The highest BCUT2D eigenvalue weighted by molar-refractivity contribution is 6.35. The van der Waals surface area contributed by atoms with Gasteiger partial charge in [0.15, 0.2) is 0 Å². The van der Waals surface area contributed by atoms with Gasteiger partial charge in [-0.05, 0) is 44.6 Å². The number of allylic oxidation sites excluding steroid dienone is 1. The number of aliphatic hydroxyl groups is 1. The molecule has 2 amide bonds. The Kier molecular flexibility index (Phi) is 6.87. The predicted octanol–water partition coefficient (Wildman–Crippen LogP) is 1.83. The molecule has 1 heterocycles. The van der Waals surface area contributed by atoms with Crippen molar-refractivity contribution < 1.29 is 19.1 Å². The summed E-state index contributed by atoms with van der Waals surface area (Å²) in [4.78, 5) is 23.3. The molecule has 6 nitrogen and oxygen atoms in total. The minimum atomic E-state index is -0.713. The Balaban J connectivity index is 1.59. The maximum atomic E-state index is 11.7. The summed E-state index contributed by atoms with van der Waals surface area (Å²) < 4.78 is 4.88. The van der Waals surface area contributed by atoms with Gasteiger partial charge < -0.3 is 20.2 Å². The number of carbonyl (C=O) groups excluding carboxylic acids is 2. The molecule has 3 N–H and O–H groups in total. The molecule has 0 spiro atoms. The van der Waals surface area contributed by atoms with Gasteiger partial charge in [-0.3, -0.25) is 9.59 Å². The summed E-state index contributed by atoms with van der Waals surface area (Å²) >= 11 is 0. The molecule has 0 aromatic carbocycles. The number of hydrogen-bond acceptors (Lipinski definition) is 4. The zero-order valence-electron chi connectivity index (χ0n) is 13.2. The Morgan fingerprint density at radius 3 is 2.65 bits per heavy atom. The zero-order chi connectivity index (χ0) is 16.5. The fraction of sp³-hybridized carbons (Fsp3) is 0.529. The molecule has 2 rings (SSSR count). The molecule has 0 aliphatic heterocycles. The first-order valence-electron chi connectivity index (χ1n) is 8.11. The second-order valence-corrected chi connectivity index (χ2v) is 5.73. The Labute approximate surface area is 135 Å². The number of aliphatic hydroxyl groups excluding tert-OH is 1. The molecule has 23 heavy (non-hydrogen) atoms. The van der Waals surface area contributed by atoms with Gasteiger partial charge in [0, 0.05) is 18.7 Å². The fourth-order valence-corrected chi connectivity index (χ4v) is 2.58. The quantitative estimate of drug-likeness (QED) is 0.528. The maximum Gasteiger partial charge on any atom is 0.309 e. The third kappa shape index (κ3) is 5.90. The smallest absolute Gasteiger partial charge is 0.309 e.